The lowest BCUT2D eigenvalue weighted by Crippen LogP contribution is -2.27. The van der Waals surface area contributed by atoms with Crippen LogP contribution in [0, 0.1) is 0 Å². The van der Waals surface area contributed by atoms with Gasteiger partial charge in [0.2, 0.25) is 0 Å². The van der Waals surface area contributed by atoms with Crippen LogP contribution >= 0.6 is 0 Å². The second kappa shape index (κ2) is 10.4. The van der Waals surface area contributed by atoms with E-state index in [9.17, 15) is 9.59 Å². The average Bonchev–Trinajstić information content (AvgIpc) is 2.71. The van der Waals surface area contributed by atoms with Gasteiger partial charge in [0.15, 0.2) is 0 Å². The molecule has 1 aromatic heterocycles. The maximum Gasteiger partial charge on any atom is 0.274 e. The monoisotopic (exact) mass is 369 g/mol. The number of amides is 2. The molecule has 0 aliphatic heterocycles. The molecule has 0 spiro atoms. The summed E-state index contributed by atoms with van der Waals surface area (Å²) in [6, 6.07) is 10.9. The van der Waals surface area contributed by atoms with E-state index in [1.165, 1.54) is 0 Å². The summed E-state index contributed by atoms with van der Waals surface area (Å²) in [6.45, 7) is 5.18. The van der Waals surface area contributed by atoms with Crippen molar-refractivity contribution in [2.24, 2.45) is 0 Å². The lowest BCUT2D eigenvalue weighted by molar-refractivity contribution is 0.0943. The molecule has 2 amide bonds. The number of ether oxygens (including phenoxy) is 1. The van der Waals surface area contributed by atoms with Gasteiger partial charge in [0.1, 0.15) is 11.4 Å². The van der Waals surface area contributed by atoms with Gasteiger partial charge >= 0.3 is 0 Å². The van der Waals surface area contributed by atoms with Crippen molar-refractivity contribution in [3.05, 3.63) is 58.9 Å². The molecule has 0 bridgehead atoms. The molecule has 144 valence electrons. The van der Waals surface area contributed by atoms with E-state index >= 15 is 0 Å². The predicted octanol–water partition coefficient (Wildman–Crippen LogP) is 3.23. The predicted molar refractivity (Wildman–Crippen MR) is 106 cm³/mol. The Hall–Kier alpha value is -2.73. The fourth-order valence-corrected chi connectivity index (χ4v) is 2.78. The molecule has 6 nitrogen and oxygen atoms in total. The SMILES string of the molecule is CCc1cccc(CC)c1NC(=O)c1cccc(C(=O)NCCCOC)n1. The van der Waals surface area contributed by atoms with Crippen molar-refractivity contribution < 1.29 is 14.3 Å². The number of benzene rings is 1. The van der Waals surface area contributed by atoms with E-state index in [1.807, 2.05) is 18.2 Å². The van der Waals surface area contributed by atoms with Crippen LogP contribution in [-0.2, 0) is 17.6 Å². The number of anilines is 1. The van der Waals surface area contributed by atoms with Crippen molar-refractivity contribution in [1.82, 2.24) is 10.3 Å². The molecule has 2 aromatic rings. The first-order chi connectivity index (χ1) is 13.1. The molecule has 0 unspecified atom stereocenters. The van der Waals surface area contributed by atoms with Crippen molar-refractivity contribution in [1.29, 1.82) is 0 Å². The van der Waals surface area contributed by atoms with Gasteiger partial charge in [0.05, 0.1) is 0 Å². The van der Waals surface area contributed by atoms with Gasteiger partial charge in [-0.3, -0.25) is 9.59 Å². The summed E-state index contributed by atoms with van der Waals surface area (Å²) in [5.74, 6) is -0.622. The van der Waals surface area contributed by atoms with E-state index in [-0.39, 0.29) is 23.2 Å². The summed E-state index contributed by atoms with van der Waals surface area (Å²) < 4.78 is 4.95. The molecule has 0 aliphatic carbocycles. The minimum absolute atomic E-state index is 0.215. The van der Waals surface area contributed by atoms with Crippen molar-refractivity contribution in [3.8, 4) is 0 Å². The zero-order valence-electron chi connectivity index (χ0n) is 16.2. The average molecular weight is 369 g/mol. The van der Waals surface area contributed by atoms with Crippen molar-refractivity contribution >= 4 is 17.5 Å². The molecule has 0 saturated heterocycles. The lowest BCUT2D eigenvalue weighted by atomic mass is 10.0. The molecule has 1 aromatic carbocycles. The van der Waals surface area contributed by atoms with Gasteiger partial charge in [-0.1, -0.05) is 38.1 Å². The summed E-state index contributed by atoms with van der Waals surface area (Å²) in [4.78, 5) is 29.1. The quantitative estimate of drug-likeness (QED) is 0.665. The number of carbonyl (C=O) groups excluding carboxylic acids is 2. The van der Waals surface area contributed by atoms with Crippen LogP contribution in [0.5, 0.6) is 0 Å². The zero-order valence-corrected chi connectivity index (χ0v) is 16.2. The Morgan fingerprint density at radius 1 is 0.963 bits per heavy atom. The molecule has 6 heteroatoms. The van der Waals surface area contributed by atoms with E-state index in [2.05, 4.69) is 29.5 Å². The standard InChI is InChI=1S/C21H27N3O3/c1-4-15-9-6-10-16(5-2)19(15)24-21(26)18-12-7-11-17(23-18)20(25)22-13-8-14-27-3/h6-7,9-12H,4-5,8,13-14H2,1-3H3,(H,22,25)(H,24,26). The van der Waals surface area contributed by atoms with Crippen LogP contribution < -0.4 is 10.6 Å². The van der Waals surface area contributed by atoms with E-state index < -0.39 is 0 Å². The fourth-order valence-electron chi connectivity index (χ4n) is 2.78. The second-order valence-corrected chi connectivity index (χ2v) is 6.12. The molecule has 1 heterocycles. The van der Waals surface area contributed by atoms with Crippen LogP contribution in [0.15, 0.2) is 36.4 Å². The van der Waals surface area contributed by atoms with Gasteiger partial charge < -0.3 is 15.4 Å². The van der Waals surface area contributed by atoms with Gasteiger partial charge in [0, 0.05) is 25.9 Å². The number of pyridine rings is 1. The van der Waals surface area contributed by atoms with Crippen molar-refractivity contribution in [2.45, 2.75) is 33.1 Å². The molecular weight excluding hydrogens is 342 g/mol. The van der Waals surface area contributed by atoms with E-state index in [4.69, 9.17) is 4.74 Å². The Morgan fingerprint density at radius 2 is 1.56 bits per heavy atom. The summed E-state index contributed by atoms with van der Waals surface area (Å²) in [6.07, 6.45) is 2.36. The van der Waals surface area contributed by atoms with Gasteiger partial charge in [-0.25, -0.2) is 4.98 Å². The first-order valence-corrected chi connectivity index (χ1v) is 9.27. The maximum absolute atomic E-state index is 12.7. The van der Waals surface area contributed by atoms with Gasteiger partial charge in [-0.2, -0.15) is 0 Å². The third-order valence-corrected chi connectivity index (χ3v) is 4.26. The van der Waals surface area contributed by atoms with Crippen LogP contribution in [0.3, 0.4) is 0 Å². The number of aromatic nitrogens is 1. The fraction of sp³-hybridized carbons (Fsp3) is 0.381. The summed E-state index contributed by atoms with van der Waals surface area (Å²) >= 11 is 0. The number of rotatable bonds is 9. The van der Waals surface area contributed by atoms with Crippen LogP contribution in [-0.4, -0.2) is 37.1 Å². The number of nitrogens with one attached hydrogen (secondary N) is 2. The molecular formula is C21H27N3O3. The molecule has 27 heavy (non-hydrogen) atoms. The van der Waals surface area contributed by atoms with Crippen molar-refractivity contribution in [2.75, 3.05) is 25.6 Å². The largest absolute Gasteiger partial charge is 0.385 e. The number of nitrogens with zero attached hydrogens (tertiary/aromatic N) is 1. The van der Waals surface area contributed by atoms with Crippen LogP contribution in [0.2, 0.25) is 0 Å². The third kappa shape index (κ3) is 5.62. The molecule has 0 radical (unpaired) electrons. The second-order valence-electron chi connectivity index (χ2n) is 6.12. The zero-order chi connectivity index (χ0) is 19.6. The highest BCUT2D eigenvalue weighted by molar-refractivity contribution is 6.04. The van der Waals surface area contributed by atoms with Gasteiger partial charge in [-0.15, -0.1) is 0 Å². The van der Waals surface area contributed by atoms with Crippen LogP contribution in [0.4, 0.5) is 5.69 Å². The number of hydrogen-bond acceptors (Lipinski definition) is 4. The molecule has 0 atom stereocenters. The van der Waals surface area contributed by atoms with E-state index in [0.29, 0.717) is 13.2 Å². The minimum atomic E-state index is -0.320. The molecule has 0 saturated carbocycles. The van der Waals surface area contributed by atoms with Gasteiger partial charge in [0.25, 0.3) is 11.8 Å². The highest BCUT2D eigenvalue weighted by Crippen LogP contribution is 2.23. The van der Waals surface area contributed by atoms with Gasteiger partial charge in [-0.05, 0) is 42.5 Å². The Kier molecular flexibility index (Phi) is 7.95. The smallest absolute Gasteiger partial charge is 0.274 e. The number of hydrogen-bond donors (Lipinski definition) is 2. The third-order valence-electron chi connectivity index (χ3n) is 4.26. The van der Waals surface area contributed by atoms with Crippen molar-refractivity contribution in [3.63, 3.8) is 0 Å². The first-order valence-electron chi connectivity index (χ1n) is 9.27. The molecule has 0 aliphatic rings. The van der Waals surface area contributed by atoms with Crippen LogP contribution in [0.25, 0.3) is 0 Å². The maximum atomic E-state index is 12.7. The number of aryl methyl sites for hydroxylation is 2. The van der Waals surface area contributed by atoms with Crippen LogP contribution in [0.1, 0.15) is 52.4 Å². The highest BCUT2D eigenvalue weighted by atomic mass is 16.5. The Morgan fingerprint density at radius 3 is 2.15 bits per heavy atom. The normalized spacial score (nSPS) is 10.5. The number of para-hydroxylation sites is 1. The van der Waals surface area contributed by atoms with E-state index in [1.54, 1.807) is 25.3 Å². The lowest BCUT2D eigenvalue weighted by Gasteiger charge is -2.14. The highest BCUT2D eigenvalue weighted by Gasteiger charge is 2.15. The molecule has 2 rings (SSSR count). The Bertz CT molecular complexity index is 768. The van der Waals surface area contributed by atoms with E-state index in [0.717, 1.165) is 36.1 Å². The summed E-state index contributed by atoms with van der Waals surface area (Å²) in [7, 11) is 1.62. The minimum Gasteiger partial charge on any atom is -0.385 e. The summed E-state index contributed by atoms with van der Waals surface area (Å²) in [5, 5.41) is 5.75. The number of methoxy groups -OCH3 is 1. The molecule has 0 fully saturated rings. The number of carbonyl (C=O) groups is 2. The topological polar surface area (TPSA) is 80.3 Å². The first kappa shape index (κ1) is 20.6. The molecule has 2 N–H and O–H groups in total. The Balaban J connectivity index is 2.13. The Labute approximate surface area is 160 Å². The summed E-state index contributed by atoms with van der Waals surface area (Å²) in [5.41, 5.74) is 3.43.